The van der Waals surface area contributed by atoms with E-state index in [9.17, 15) is 18.0 Å². The second kappa shape index (κ2) is 7.51. The molecule has 1 amide bonds. The van der Waals surface area contributed by atoms with Crippen LogP contribution in [0.1, 0.15) is 23.3 Å². The number of aryl methyl sites for hydroxylation is 1. The number of rotatable bonds is 4. The van der Waals surface area contributed by atoms with Crippen LogP contribution in [0.4, 0.5) is 0 Å². The van der Waals surface area contributed by atoms with Crippen molar-refractivity contribution in [1.82, 2.24) is 14.7 Å². The van der Waals surface area contributed by atoms with Crippen LogP contribution < -0.4 is 10.3 Å². The summed E-state index contributed by atoms with van der Waals surface area (Å²) < 4.78 is 31.8. The van der Waals surface area contributed by atoms with Crippen molar-refractivity contribution < 1.29 is 17.9 Å². The van der Waals surface area contributed by atoms with Gasteiger partial charge in [-0.1, -0.05) is 0 Å². The summed E-state index contributed by atoms with van der Waals surface area (Å²) in [5.74, 6) is 0.296. The molecule has 0 spiro atoms. The Morgan fingerprint density at radius 2 is 1.74 bits per heavy atom. The summed E-state index contributed by atoms with van der Waals surface area (Å²) in [6.07, 6.45) is 0.706. The Balaban J connectivity index is 1.69. The SMILES string of the molecule is COc1ccc(S(=O)(=O)C2CCN(C(=O)c3ccc(=O)n(C)n3)CC2)cc1. The highest BCUT2D eigenvalue weighted by molar-refractivity contribution is 7.92. The van der Waals surface area contributed by atoms with Gasteiger partial charge in [-0.05, 0) is 43.2 Å². The lowest BCUT2D eigenvalue weighted by atomic mass is 10.1. The van der Waals surface area contributed by atoms with Crippen LogP contribution in [0.5, 0.6) is 5.75 Å². The summed E-state index contributed by atoms with van der Waals surface area (Å²) in [4.78, 5) is 25.8. The van der Waals surface area contributed by atoms with Crippen molar-refractivity contribution in [3.8, 4) is 5.75 Å². The van der Waals surface area contributed by atoms with Crippen molar-refractivity contribution in [2.75, 3.05) is 20.2 Å². The second-order valence-electron chi connectivity index (χ2n) is 6.39. The van der Waals surface area contributed by atoms with Gasteiger partial charge in [0.1, 0.15) is 11.4 Å². The Morgan fingerprint density at radius 1 is 1.11 bits per heavy atom. The summed E-state index contributed by atoms with van der Waals surface area (Å²) in [6, 6.07) is 9.01. The molecule has 9 heteroatoms. The number of carbonyl (C=O) groups excluding carboxylic acids is 1. The van der Waals surface area contributed by atoms with Crippen LogP contribution in [0.15, 0.2) is 46.1 Å². The molecular weight excluding hydrogens is 370 g/mol. The fourth-order valence-corrected chi connectivity index (χ4v) is 4.84. The molecule has 2 heterocycles. The van der Waals surface area contributed by atoms with Gasteiger partial charge in [-0.15, -0.1) is 0 Å². The molecule has 3 rings (SSSR count). The van der Waals surface area contributed by atoms with Crippen molar-refractivity contribution in [3.05, 3.63) is 52.4 Å². The molecule has 144 valence electrons. The molecule has 1 aromatic heterocycles. The van der Waals surface area contributed by atoms with E-state index in [1.165, 1.54) is 26.3 Å². The highest BCUT2D eigenvalue weighted by atomic mass is 32.2. The second-order valence-corrected chi connectivity index (χ2v) is 8.62. The van der Waals surface area contributed by atoms with Gasteiger partial charge >= 0.3 is 0 Å². The number of hydrogen-bond donors (Lipinski definition) is 0. The first-order chi connectivity index (χ1) is 12.8. The van der Waals surface area contributed by atoms with Crippen molar-refractivity contribution >= 4 is 15.7 Å². The summed E-state index contributed by atoms with van der Waals surface area (Å²) in [6.45, 7) is 0.646. The van der Waals surface area contributed by atoms with Gasteiger partial charge in [0.15, 0.2) is 9.84 Å². The Kier molecular flexibility index (Phi) is 5.31. The smallest absolute Gasteiger partial charge is 0.274 e. The first kappa shape index (κ1) is 19.1. The first-order valence-corrected chi connectivity index (χ1v) is 10.1. The van der Waals surface area contributed by atoms with E-state index in [2.05, 4.69) is 5.10 Å². The zero-order chi connectivity index (χ0) is 19.6. The highest BCUT2D eigenvalue weighted by Gasteiger charge is 2.33. The van der Waals surface area contributed by atoms with E-state index >= 15 is 0 Å². The van der Waals surface area contributed by atoms with Crippen molar-refractivity contribution in [1.29, 1.82) is 0 Å². The molecule has 1 fully saturated rings. The fraction of sp³-hybridized carbons (Fsp3) is 0.389. The van der Waals surface area contributed by atoms with Gasteiger partial charge in [-0.3, -0.25) is 9.59 Å². The third-order valence-electron chi connectivity index (χ3n) is 4.74. The van der Waals surface area contributed by atoms with Crippen LogP contribution in [0.2, 0.25) is 0 Å². The lowest BCUT2D eigenvalue weighted by molar-refractivity contribution is 0.0717. The number of benzene rings is 1. The standard InChI is InChI=1S/C18H21N3O5S/c1-20-17(22)8-7-16(19-20)18(23)21-11-9-15(10-12-21)27(24,25)14-5-3-13(26-2)4-6-14/h3-8,15H,9-12H2,1-2H3. The molecule has 1 saturated heterocycles. The number of sulfone groups is 1. The molecule has 0 bridgehead atoms. The maximum Gasteiger partial charge on any atom is 0.274 e. The van der Waals surface area contributed by atoms with Crippen LogP contribution in [0.3, 0.4) is 0 Å². The molecule has 0 aliphatic carbocycles. The lowest BCUT2D eigenvalue weighted by Crippen LogP contribution is -2.43. The number of nitrogens with zero attached hydrogens (tertiary/aromatic N) is 3. The van der Waals surface area contributed by atoms with E-state index in [4.69, 9.17) is 4.74 Å². The monoisotopic (exact) mass is 391 g/mol. The third-order valence-corrected chi connectivity index (χ3v) is 7.01. The maximum atomic E-state index is 12.8. The number of piperidine rings is 1. The van der Waals surface area contributed by atoms with E-state index in [1.807, 2.05) is 0 Å². The average molecular weight is 391 g/mol. The molecular formula is C18H21N3O5S. The van der Waals surface area contributed by atoms with Gasteiger partial charge in [-0.25, -0.2) is 13.1 Å². The Hall–Kier alpha value is -2.68. The summed E-state index contributed by atoms with van der Waals surface area (Å²) in [5.41, 5.74) is -0.121. The Labute approximate surface area is 157 Å². The van der Waals surface area contributed by atoms with Crippen LogP contribution in [-0.4, -0.2) is 54.5 Å². The normalized spacial score (nSPS) is 15.6. The molecule has 0 radical (unpaired) electrons. The first-order valence-electron chi connectivity index (χ1n) is 8.54. The van der Waals surface area contributed by atoms with Gasteiger partial charge < -0.3 is 9.64 Å². The number of carbonyl (C=O) groups is 1. The molecule has 27 heavy (non-hydrogen) atoms. The quantitative estimate of drug-likeness (QED) is 0.767. The van der Waals surface area contributed by atoms with Gasteiger partial charge in [0, 0.05) is 26.2 Å². The lowest BCUT2D eigenvalue weighted by Gasteiger charge is -2.31. The number of ether oxygens (including phenoxy) is 1. The molecule has 1 aliphatic heterocycles. The topological polar surface area (TPSA) is 98.6 Å². The zero-order valence-corrected chi connectivity index (χ0v) is 16.0. The molecule has 1 aliphatic rings. The van der Waals surface area contributed by atoms with Crippen molar-refractivity contribution in [2.45, 2.75) is 23.0 Å². The predicted molar refractivity (Wildman–Crippen MR) is 98.6 cm³/mol. The van der Waals surface area contributed by atoms with Gasteiger partial charge in [0.05, 0.1) is 17.3 Å². The van der Waals surface area contributed by atoms with E-state index in [1.54, 1.807) is 29.2 Å². The minimum Gasteiger partial charge on any atom is -0.497 e. The maximum absolute atomic E-state index is 12.8. The van der Waals surface area contributed by atoms with E-state index in [-0.39, 0.29) is 22.1 Å². The van der Waals surface area contributed by atoms with E-state index in [0.29, 0.717) is 31.7 Å². The molecule has 1 aromatic carbocycles. The predicted octanol–water partition coefficient (Wildman–Crippen LogP) is 0.867. The van der Waals surface area contributed by atoms with Crippen LogP contribution in [0.25, 0.3) is 0 Å². The minimum atomic E-state index is -3.47. The fourth-order valence-electron chi connectivity index (χ4n) is 3.11. The van der Waals surface area contributed by atoms with Gasteiger partial charge in [0.2, 0.25) is 0 Å². The molecule has 8 nitrogen and oxygen atoms in total. The van der Waals surface area contributed by atoms with Crippen molar-refractivity contribution in [3.63, 3.8) is 0 Å². The van der Waals surface area contributed by atoms with Crippen LogP contribution in [0, 0.1) is 0 Å². The Bertz CT molecular complexity index is 990. The van der Waals surface area contributed by atoms with Crippen molar-refractivity contribution in [2.24, 2.45) is 7.05 Å². The molecule has 0 atom stereocenters. The largest absolute Gasteiger partial charge is 0.497 e. The van der Waals surface area contributed by atoms with Gasteiger partial charge in [0.25, 0.3) is 11.5 Å². The number of likely N-dealkylation sites (tertiary alicyclic amines) is 1. The molecule has 0 saturated carbocycles. The van der Waals surface area contributed by atoms with Crippen LogP contribution >= 0.6 is 0 Å². The Morgan fingerprint density at radius 3 is 2.30 bits per heavy atom. The van der Waals surface area contributed by atoms with Gasteiger partial charge in [-0.2, -0.15) is 5.10 Å². The molecule has 0 N–H and O–H groups in total. The minimum absolute atomic E-state index is 0.175. The zero-order valence-electron chi connectivity index (χ0n) is 15.2. The number of methoxy groups -OCH3 is 1. The number of amides is 1. The molecule has 0 unspecified atom stereocenters. The summed E-state index contributed by atoms with van der Waals surface area (Å²) in [5, 5.41) is 3.42. The third kappa shape index (κ3) is 3.87. The van der Waals surface area contributed by atoms with E-state index < -0.39 is 15.1 Å². The summed E-state index contributed by atoms with van der Waals surface area (Å²) >= 11 is 0. The number of aromatic nitrogens is 2. The number of hydrogen-bond acceptors (Lipinski definition) is 6. The highest BCUT2D eigenvalue weighted by Crippen LogP contribution is 2.26. The molecule has 2 aromatic rings. The average Bonchev–Trinajstić information content (AvgIpc) is 2.69. The summed E-state index contributed by atoms with van der Waals surface area (Å²) in [7, 11) is -0.465. The van der Waals surface area contributed by atoms with Crippen LogP contribution in [-0.2, 0) is 16.9 Å². The van der Waals surface area contributed by atoms with E-state index in [0.717, 1.165) is 4.68 Å².